The summed E-state index contributed by atoms with van der Waals surface area (Å²) in [6.45, 7) is 7.06. The van der Waals surface area contributed by atoms with Gasteiger partial charge in [-0.05, 0) is 52.7 Å². The summed E-state index contributed by atoms with van der Waals surface area (Å²) < 4.78 is 44.2. The third-order valence-corrected chi connectivity index (χ3v) is 7.20. The van der Waals surface area contributed by atoms with Crippen LogP contribution in [0.25, 0.3) is 0 Å². The summed E-state index contributed by atoms with van der Waals surface area (Å²) in [7, 11) is 1.90. The molecule has 1 aromatic carbocycles. The molecule has 1 amide bonds. The number of hydrogen-bond donors (Lipinski definition) is 0. The third kappa shape index (κ3) is 5.78. The van der Waals surface area contributed by atoms with Crippen LogP contribution in [0.4, 0.5) is 13.2 Å². The largest absolute Gasteiger partial charge is 2.00 e. The average molecular weight is 748 g/mol. The average Bonchev–Trinajstić information content (AvgIpc) is 3.53. The molecule has 4 aliphatic rings. The fourth-order valence-electron chi connectivity index (χ4n) is 5.28. The number of alkyl halides is 3. The van der Waals surface area contributed by atoms with E-state index in [4.69, 9.17) is 0 Å². The van der Waals surface area contributed by atoms with Crippen molar-refractivity contribution in [1.29, 1.82) is 0 Å². The number of nitrogens with zero attached hydrogens (tertiary/aromatic N) is 5. The molecule has 1 radical (unpaired) electrons. The smallest absolute Gasteiger partial charge is 0.358 e. The second-order valence-electron chi connectivity index (χ2n) is 9.93. The standard InChI is InChI=1S/C28H30F3N5O.U/c1-4-11-35(5-2)15-18-12-23(28(29,30)31)24-14-22(27(37)36(24)16-18)20-7-6-8-21(13-20)25(19-9-10-19)26-33-32-17-34(26)3;/h4,6-8,12-14,16-17,19,22,25H,2,5,9-11,15H2,1,3H3;/q-1;+2/t22?,25-;/m1./s1. The van der Waals surface area contributed by atoms with Crippen LogP contribution in [0, 0.1) is 56.5 Å². The van der Waals surface area contributed by atoms with Gasteiger partial charge in [-0.1, -0.05) is 24.3 Å². The van der Waals surface area contributed by atoms with E-state index >= 15 is 0 Å². The predicted octanol–water partition coefficient (Wildman–Crippen LogP) is 5.36. The zero-order valence-electron chi connectivity index (χ0n) is 21.4. The van der Waals surface area contributed by atoms with Crippen molar-refractivity contribution < 1.29 is 53.7 Å². The van der Waals surface area contributed by atoms with Crippen molar-refractivity contribution in [2.24, 2.45) is 16.1 Å². The molecule has 10 heteroatoms. The minimum atomic E-state index is -4.59. The maximum absolute atomic E-state index is 14.1. The van der Waals surface area contributed by atoms with Crippen LogP contribution >= 0.6 is 0 Å². The van der Waals surface area contributed by atoms with Crippen molar-refractivity contribution in [3.63, 3.8) is 0 Å². The summed E-state index contributed by atoms with van der Waals surface area (Å²) in [6.07, 6.45) is 6.15. The molecule has 1 aromatic rings. The molecule has 1 saturated carbocycles. The summed E-state index contributed by atoms with van der Waals surface area (Å²) in [5, 5.41) is 8.35. The van der Waals surface area contributed by atoms with Crippen molar-refractivity contribution in [3.8, 4) is 0 Å². The van der Waals surface area contributed by atoms with Gasteiger partial charge in [-0.3, -0.25) is 9.69 Å². The Labute approximate surface area is 245 Å². The number of benzene rings is 1. The van der Waals surface area contributed by atoms with Gasteiger partial charge in [0.2, 0.25) is 5.91 Å². The normalized spacial score (nSPS) is 22.1. The Morgan fingerprint density at radius 1 is 1.32 bits per heavy atom. The summed E-state index contributed by atoms with van der Waals surface area (Å²) in [5.74, 6) is -0.725. The van der Waals surface area contributed by atoms with E-state index in [0.29, 0.717) is 30.1 Å². The summed E-state index contributed by atoms with van der Waals surface area (Å²) in [5.41, 5.74) is 1.20. The molecular weight excluding hydrogens is 717 g/mol. The Morgan fingerprint density at radius 2 is 2.08 bits per heavy atom. The molecule has 0 N–H and O–H groups in total. The maximum Gasteiger partial charge on any atom is 2.00 e. The Bertz CT molecular complexity index is 1230. The summed E-state index contributed by atoms with van der Waals surface area (Å²) >= 11 is 0. The van der Waals surface area contributed by atoms with Crippen molar-refractivity contribution in [2.45, 2.75) is 37.8 Å². The van der Waals surface area contributed by atoms with Crippen LogP contribution in [0.2, 0.25) is 0 Å². The van der Waals surface area contributed by atoms with Crippen molar-refractivity contribution in [1.82, 2.24) is 9.80 Å². The SMILES string of the molecule is [CH2-]CN(C[CH-]C)CC1=CN2C(=O)C(c3cccc([C@H]([C]4N=NC=[N+]4C)C4CC4)c3)C=C2C(C(F)(F)F)=C1.[U+2]. The monoisotopic (exact) mass is 747 g/mol. The minimum absolute atomic E-state index is 0. The Morgan fingerprint density at radius 3 is 2.68 bits per heavy atom. The molecule has 1 unspecified atom stereocenters. The molecule has 0 bridgehead atoms. The topological polar surface area (TPSA) is 51.3 Å². The second kappa shape index (κ2) is 11.6. The molecule has 1 aliphatic carbocycles. The number of rotatable bonds is 9. The van der Waals surface area contributed by atoms with Crippen LogP contribution in [0.5, 0.6) is 0 Å². The Hall–Kier alpha value is -2.02. The molecule has 0 saturated heterocycles. The Kier molecular flexibility index (Phi) is 8.85. The van der Waals surface area contributed by atoms with Gasteiger partial charge in [0.15, 0.2) is 0 Å². The van der Waals surface area contributed by atoms with Crippen molar-refractivity contribution in [3.05, 3.63) is 90.1 Å². The number of allylic oxidation sites excluding steroid dienone is 1. The quantitative estimate of drug-likeness (QED) is 0.253. The maximum atomic E-state index is 14.1. The first kappa shape index (κ1) is 29.0. The second-order valence-corrected chi connectivity index (χ2v) is 9.93. The van der Waals surface area contributed by atoms with Gasteiger partial charge in [0.05, 0.1) is 35.3 Å². The van der Waals surface area contributed by atoms with E-state index in [1.54, 1.807) is 6.34 Å². The first-order chi connectivity index (χ1) is 17.7. The van der Waals surface area contributed by atoms with E-state index in [-0.39, 0.29) is 55.2 Å². The molecular formula is C28H30F3N5OU+. The number of likely N-dealkylation sites (N-methyl/N-ethyl adjacent to an activating group) is 1. The molecule has 0 spiro atoms. The first-order valence-corrected chi connectivity index (χ1v) is 12.5. The van der Waals surface area contributed by atoms with E-state index in [2.05, 4.69) is 17.2 Å². The molecule has 0 aromatic heterocycles. The van der Waals surface area contributed by atoms with E-state index in [9.17, 15) is 18.0 Å². The first-order valence-electron chi connectivity index (χ1n) is 12.5. The number of halogens is 3. The zero-order valence-corrected chi connectivity index (χ0v) is 25.6. The Balaban J connectivity index is 0.00000336. The van der Waals surface area contributed by atoms with Crippen molar-refractivity contribution >= 4 is 12.2 Å². The van der Waals surface area contributed by atoms with Crippen LogP contribution in [0.15, 0.2) is 69.7 Å². The van der Waals surface area contributed by atoms with Gasteiger partial charge < -0.3 is 18.2 Å². The van der Waals surface area contributed by atoms with Gasteiger partial charge in [0, 0.05) is 12.7 Å². The molecule has 1 fully saturated rings. The summed E-state index contributed by atoms with van der Waals surface area (Å²) in [4.78, 5) is 16.6. The number of amides is 1. The van der Waals surface area contributed by atoms with Gasteiger partial charge in [-0.25, -0.2) is 4.58 Å². The fourth-order valence-corrected chi connectivity index (χ4v) is 5.28. The number of hydrogen-bond acceptors (Lipinski definition) is 4. The van der Waals surface area contributed by atoms with E-state index < -0.39 is 17.7 Å². The molecule has 38 heavy (non-hydrogen) atoms. The van der Waals surface area contributed by atoms with Crippen LogP contribution in [0.3, 0.4) is 0 Å². The number of carbonyl (C=O) groups excluding carboxylic acids is 1. The van der Waals surface area contributed by atoms with Gasteiger partial charge in [-0.2, -0.15) is 20.1 Å². The van der Waals surface area contributed by atoms with E-state index in [0.717, 1.165) is 30.6 Å². The van der Waals surface area contributed by atoms with Crippen LogP contribution in [-0.4, -0.2) is 59.5 Å². The van der Waals surface area contributed by atoms with Crippen LogP contribution in [-0.2, 0) is 4.79 Å². The summed E-state index contributed by atoms with van der Waals surface area (Å²) in [6, 6.07) is 7.62. The number of fused-ring (bicyclic) bond motifs is 1. The van der Waals surface area contributed by atoms with Crippen LogP contribution in [0.1, 0.15) is 42.7 Å². The molecule has 5 rings (SSSR count). The number of azo groups is 1. The minimum Gasteiger partial charge on any atom is -0.358 e. The van der Waals surface area contributed by atoms with E-state index in [1.807, 2.05) is 54.1 Å². The van der Waals surface area contributed by atoms with Crippen molar-refractivity contribution in [2.75, 3.05) is 26.7 Å². The van der Waals surface area contributed by atoms with Gasteiger partial charge in [-0.15, -0.1) is 13.1 Å². The number of carbonyl (C=O) groups is 1. The molecule has 3 aliphatic heterocycles. The zero-order chi connectivity index (χ0) is 26.3. The molecule has 197 valence electrons. The predicted molar refractivity (Wildman–Crippen MR) is 134 cm³/mol. The van der Waals surface area contributed by atoms with E-state index in [1.165, 1.54) is 17.2 Å². The van der Waals surface area contributed by atoms with Gasteiger partial charge in [0.1, 0.15) is 0 Å². The molecule has 6 nitrogen and oxygen atoms in total. The molecule has 2 atom stereocenters. The van der Waals surface area contributed by atoms with Crippen LogP contribution < -0.4 is 0 Å². The van der Waals surface area contributed by atoms with Gasteiger partial charge in [0.25, 0.3) is 0 Å². The fraction of sp³-hybridized carbons (Fsp3) is 0.393. The molecule has 3 heterocycles. The third-order valence-electron chi connectivity index (χ3n) is 7.20. The van der Waals surface area contributed by atoms with Gasteiger partial charge >= 0.3 is 49.8 Å².